The summed E-state index contributed by atoms with van der Waals surface area (Å²) in [5.74, 6) is 0. The molecule has 3 aromatic rings. The van der Waals surface area contributed by atoms with Gasteiger partial charge in [0.05, 0.1) is 5.52 Å². The summed E-state index contributed by atoms with van der Waals surface area (Å²) in [5.41, 5.74) is 4.39. The predicted octanol–water partition coefficient (Wildman–Crippen LogP) is 4.66. The zero-order valence-corrected chi connectivity index (χ0v) is 12.7. The quantitative estimate of drug-likeness (QED) is 0.757. The highest BCUT2D eigenvalue weighted by Crippen LogP contribution is 2.26. The molecule has 0 fully saturated rings. The highest BCUT2D eigenvalue weighted by molar-refractivity contribution is 6.31. The van der Waals surface area contributed by atoms with Crippen molar-refractivity contribution in [2.24, 2.45) is 0 Å². The van der Waals surface area contributed by atoms with Crippen LogP contribution < -0.4 is 5.32 Å². The van der Waals surface area contributed by atoms with E-state index >= 15 is 0 Å². The Labute approximate surface area is 129 Å². The highest BCUT2D eigenvalue weighted by atomic mass is 35.5. The van der Waals surface area contributed by atoms with E-state index < -0.39 is 0 Å². The van der Waals surface area contributed by atoms with Gasteiger partial charge in [-0.05, 0) is 41.9 Å². The number of rotatable bonds is 4. The standard InChI is InChI=1S/C18H17ClN2/c1-2-20-11-16-9-13(7-8-17(16)19)15-10-14-5-3-4-6-18(14)21-12-15/h3-10,12,20H,2,11H2,1H3. The Kier molecular flexibility index (Phi) is 4.18. The van der Waals surface area contributed by atoms with Gasteiger partial charge in [-0.25, -0.2) is 0 Å². The van der Waals surface area contributed by atoms with Gasteiger partial charge in [0.25, 0.3) is 0 Å². The second kappa shape index (κ2) is 6.25. The summed E-state index contributed by atoms with van der Waals surface area (Å²) < 4.78 is 0. The third kappa shape index (κ3) is 3.07. The van der Waals surface area contributed by atoms with Crippen molar-refractivity contribution in [3.63, 3.8) is 0 Å². The van der Waals surface area contributed by atoms with Gasteiger partial charge in [0.15, 0.2) is 0 Å². The van der Waals surface area contributed by atoms with Gasteiger partial charge in [-0.3, -0.25) is 4.98 Å². The molecule has 3 heteroatoms. The zero-order valence-electron chi connectivity index (χ0n) is 11.9. The summed E-state index contributed by atoms with van der Waals surface area (Å²) in [6.45, 7) is 3.80. The molecule has 0 aliphatic rings. The molecule has 1 N–H and O–H groups in total. The molecular weight excluding hydrogens is 280 g/mol. The van der Waals surface area contributed by atoms with E-state index in [1.807, 2.05) is 36.5 Å². The molecule has 0 unspecified atom stereocenters. The zero-order chi connectivity index (χ0) is 14.7. The van der Waals surface area contributed by atoms with Crippen LogP contribution in [0, 0.1) is 0 Å². The van der Waals surface area contributed by atoms with Crippen LogP contribution in [-0.4, -0.2) is 11.5 Å². The van der Waals surface area contributed by atoms with Gasteiger partial charge in [-0.2, -0.15) is 0 Å². The highest BCUT2D eigenvalue weighted by Gasteiger charge is 2.05. The van der Waals surface area contributed by atoms with Crippen molar-refractivity contribution in [1.82, 2.24) is 10.3 Å². The molecule has 1 aromatic heterocycles. The van der Waals surface area contributed by atoms with E-state index in [4.69, 9.17) is 11.6 Å². The third-order valence-corrected chi connectivity index (χ3v) is 3.90. The number of fused-ring (bicyclic) bond motifs is 1. The molecule has 0 radical (unpaired) electrons. The maximum Gasteiger partial charge on any atom is 0.0702 e. The number of nitrogens with zero attached hydrogens (tertiary/aromatic N) is 1. The van der Waals surface area contributed by atoms with Crippen molar-refractivity contribution in [2.45, 2.75) is 13.5 Å². The molecule has 0 aliphatic heterocycles. The van der Waals surface area contributed by atoms with E-state index in [2.05, 4.69) is 35.4 Å². The summed E-state index contributed by atoms with van der Waals surface area (Å²) >= 11 is 6.26. The maximum atomic E-state index is 6.26. The number of benzene rings is 2. The number of halogens is 1. The molecule has 0 saturated heterocycles. The Morgan fingerprint density at radius 1 is 1.05 bits per heavy atom. The van der Waals surface area contributed by atoms with E-state index in [1.165, 1.54) is 0 Å². The van der Waals surface area contributed by atoms with Crippen molar-refractivity contribution >= 4 is 22.5 Å². The van der Waals surface area contributed by atoms with Gasteiger partial charge >= 0.3 is 0 Å². The molecule has 21 heavy (non-hydrogen) atoms. The second-order valence-corrected chi connectivity index (χ2v) is 5.41. The van der Waals surface area contributed by atoms with Crippen LogP contribution in [0.2, 0.25) is 5.02 Å². The Balaban J connectivity index is 2.01. The van der Waals surface area contributed by atoms with Crippen molar-refractivity contribution in [3.8, 4) is 11.1 Å². The minimum atomic E-state index is 0.782. The fourth-order valence-corrected chi connectivity index (χ4v) is 2.56. The summed E-state index contributed by atoms with van der Waals surface area (Å²) in [5, 5.41) is 5.26. The Bertz CT molecular complexity index is 768. The normalized spacial score (nSPS) is 11.0. The average Bonchev–Trinajstić information content (AvgIpc) is 2.53. The number of pyridine rings is 1. The van der Waals surface area contributed by atoms with E-state index in [9.17, 15) is 0 Å². The van der Waals surface area contributed by atoms with Crippen molar-refractivity contribution in [1.29, 1.82) is 0 Å². The van der Waals surface area contributed by atoms with Crippen LogP contribution in [-0.2, 0) is 6.54 Å². The minimum absolute atomic E-state index is 0.782. The van der Waals surface area contributed by atoms with Gasteiger partial charge < -0.3 is 5.32 Å². The minimum Gasteiger partial charge on any atom is -0.313 e. The van der Waals surface area contributed by atoms with Crippen LogP contribution in [0.15, 0.2) is 54.7 Å². The number of nitrogens with one attached hydrogen (secondary N) is 1. The van der Waals surface area contributed by atoms with Gasteiger partial charge in [-0.1, -0.05) is 42.8 Å². The lowest BCUT2D eigenvalue weighted by Gasteiger charge is -2.09. The average molecular weight is 297 g/mol. The lowest BCUT2D eigenvalue weighted by molar-refractivity contribution is 0.727. The van der Waals surface area contributed by atoms with Crippen LogP contribution in [0.5, 0.6) is 0 Å². The molecule has 3 rings (SSSR count). The monoisotopic (exact) mass is 296 g/mol. The first-order chi connectivity index (χ1) is 10.3. The Hall–Kier alpha value is -1.90. The topological polar surface area (TPSA) is 24.9 Å². The Morgan fingerprint density at radius 2 is 1.90 bits per heavy atom. The molecule has 2 aromatic carbocycles. The molecule has 0 spiro atoms. The van der Waals surface area contributed by atoms with E-state index in [-0.39, 0.29) is 0 Å². The summed E-state index contributed by atoms with van der Waals surface area (Å²) in [6.07, 6.45) is 1.92. The SMILES string of the molecule is CCNCc1cc(-c2cnc3ccccc3c2)ccc1Cl. The largest absolute Gasteiger partial charge is 0.313 e. The van der Waals surface area contributed by atoms with Crippen LogP contribution in [0.1, 0.15) is 12.5 Å². The van der Waals surface area contributed by atoms with Gasteiger partial charge in [-0.15, -0.1) is 0 Å². The molecule has 0 bridgehead atoms. The number of aromatic nitrogens is 1. The molecule has 1 heterocycles. The van der Waals surface area contributed by atoms with Crippen molar-refractivity contribution < 1.29 is 0 Å². The maximum absolute atomic E-state index is 6.26. The Morgan fingerprint density at radius 3 is 2.76 bits per heavy atom. The number of para-hydroxylation sites is 1. The first kappa shape index (κ1) is 14.1. The third-order valence-electron chi connectivity index (χ3n) is 3.53. The lowest BCUT2D eigenvalue weighted by Crippen LogP contribution is -2.12. The van der Waals surface area contributed by atoms with Gasteiger partial charge in [0, 0.05) is 28.7 Å². The van der Waals surface area contributed by atoms with Crippen LogP contribution in [0.3, 0.4) is 0 Å². The molecule has 0 aliphatic carbocycles. The molecular formula is C18H17ClN2. The van der Waals surface area contributed by atoms with Crippen molar-refractivity contribution in [2.75, 3.05) is 6.54 Å². The summed E-state index contributed by atoms with van der Waals surface area (Å²) in [4.78, 5) is 4.52. The number of hydrogen-bond donors (Lipinski definition) is 1. The van der Waals surface area contributed by atoms with Gasteiger partial charge in [0.1, 0.15) is 0 Å². The fraction of sp³-hybridized carbons (Fsp3) is 0.167. The fourth-order valence-electron chi connectivity index (χ4n) is 2.38. The molecule has 2 nitrogen and oxygen atoms in total. The van der Waals surface area contributed by atoms with E-state index in [1.54, 1.807) is 0 Å². The van der Waals surface area contributed by atoms with E-state index in [0.717, 1.165) is 45.7 Å². The molecule has 0 saturated carbocycles. The first-order valence-electron chi connectivity index (χ1n) is 7.12. The first-order valence-corrected chi connectivity index (χ1v) is 7.50. The summed E-state index contributed by atoms with van der Waals surface area (Å²) in [6, 6.07) is 16.5. The smallest absolute Gasteiger partial charge is 0.0702 e. The summed E-state index contributed by atoms with van der Waals surface area (Å²) in [7, 11) is 0. The molecule has 106 valence electrons. The number of hydrogen-bond acceptors (Lipinski definition) is 2. The van der Waals surface area contributed by atoms with Crippen molar-refractivity contribution in [3.05, 3.63) is 65.3 Å². The van der Waals surface area contributed by atoms with Crippen LogP contribution >= 0.6 is 11.6 Å². The molecule has 0 atom stereocenters. The second-order valence-electron chi connectivity index (χ2n) is 5.00. The molecule has 0 amide bonds. The van der Waals surface area contributed by atoms with E-state index in [0.29, 0.717) is 0 Å². The van der Waals surface area contributed by atoms with Crippen LogP contribution in [0.25, 0.3) is 22.0 Å². The predicted molar refractivity (Wildman–Crippen MR) is 89.6 cm³/mol. The lowest BCUT2D eigenvalue weighted by atomic mass is 10.0. The van der Waals surface area contributed by atoms with Gasteiger partial charge in [0.2, 0.25) is 0 Å². The van der Waals surface area contributed by atoms with Crippen LogP contribution in [0.4, 0.5) is 0 Å².